The van der Waals surface area contributed by atoms with Gasteiger partial charge in [-0.25, -0.2) is 14.8 Å². The van der Waals surface area contributed by atoms with Crippen LogP contribution in [-0.4, -0.2) is 69.4 Å². The van der Waals surface area contributed by atoms with Gasteiger partial charge in [-0.05, 0) is 42.4 Å². The SMILES string of the molecule is [C-]#[N+]c1cc2[nH]nc(-c3ccc4c(c3)OCC3CN(C)CCN43)c2cc1-c1cnc2nccnc2c1. The van der Waals surface area contributed by atoms with Crippen LogP contribution in [0.1, 0.15) is 0 Å². The average molecular weight is 475 g/mol. The molecule has 9 heteroatoms. The minimum atomic E-state index is 0.378. The number of nitrogens with zero attached hydrogens (tertiary/aromatic N) is 7. The maximum Gasteiger partial charge on any atom is 0.197 e. The molecule has 2 aliphatic rings. The number of ether oxygens (including phenoxy) is 1. The topological polar surface area (TPSA) is 87.4 Å². The van der Waals surface area contributed by atoms with Gasteiger partial charge in [-0.15, -0.1) is 0 Å². The predicted molar refractivity (Wildman–Crippen MR) is 138 cm³/mol. The lowest BCUT2D eigenvalue weighted by Crippen LogP contribution is -2.56. The number of nitrogens with one attached hydrogen (secondary N) is 1. The summed E-state index contributed by atoms with van der Waals surface area (Å²) in [4.78, 5) is 21.6. The number of rotatable bonds is 2. The van der Waals surface area contributed by atoms with Crippen molar-refractivity contribution < 1.29 is 4.74 Å². The summed E-state index contributed by atoms with van der Waals surface area (Å²) in [6.45, 7) is 11.5. The molecule has 0 aliphatic carbocycles. The summed E-state index contributed by atoms with van der Waals surface area (Å²) >= 11 is 0. The van der Waals surface area contributed by atoms with Crippen LogP contribution in [0.2, 0.25) is 0 Å². The summed E-state index contributed by atoms with van der Waals surface area (Å²) in [6.07, 6.45) is 5.00. The molecule has 36 heavy (non-hydrogen) atoms. The second-order valence-corrected chi connectivity index (χ2v) is 9.32. The Bertz CT molecular complexity index is 1690. The quantitative estimate of drug-likeness (QED) is 0.382. The number of likely N-dealkylation sites (N-methyl/N-ethyl adjacent to an activating group) is 1. The minimum Gasteiger partial charge on any atom is -0.489 e. The third-order valence-electron chi connectivity index (χ3n) is 7.09. The molecule has 2 aromatic carbocycles. The molecule has 1 unspecified atom stereocenters. The van der Waals surface area contributed by atoms with E-state index in [1.165, 1.54) is 0 Å². The second-order valence-electron chi connectivity index (χ2n) is 9.32. The van der Waals surface area contributed by atoms with Crippen molar-refractivity contribution in [3.8, 4) is 28.1 Å². The molecule has 1 saturated heterocycles. The Balaban J connectivity index is 1.32. The molecular weight excluding hydrogens is 452 g/mol. The van der Waals surface area contributed by atoms with Crippen molar-refractivity contribution in [2.45, 2.75) is 6.04 Å². The third kappa shape index (κ3) is 3.26. The smallest absolute Gasteiger partial charge is 0.197 e. The normalized spacial score (nSPS) is 17.4. The number of pyridine rings is 1. The van der Waals surface area contributed by atoms with Crippen LogP contribution in [0.25, 0.3) is 49.3 Å². The molecule has 0 amide bonds. The monoisotopic (exact) mass is 474 g/mol. The van der Waals surface area contributed by atoms with Crippen LogP contribution in [-0.2, 0) is 0 Å². The molecule has 5 aromatic rings. The highest BCUT2D eigenvalue weighted by Crippen LogP contribution is 2.41. The molecule has 1 fully saturated rings. The number of aromatic amines is 1. The van der Waals surface area contributed by atoms with Crippen molar-refractivity contribution in [3.05, 3.63) is 66.4 Å². The highest BCUT2D eigenvalue weighted by Gasteiger charge is 2.32. The zero-order chi connectivity index (χ0) is 24.2. The first-order chi connectivity index (χ1) is 17.7. The maximum atomic E-state index is 7.75. The third-order valence-corrected chi connectivity index (χ3v) is 7.09. The lowest BCUT2D eigenvalue weighted by atomic mass is 9.99. The van der Waals surface area contributed by atoms with Crippen LogP contribution >= 0.6 is 0 Å². The van der Waals surface area contributed by atoms with Gasteiger partial charge in [-0.2, -0.15) is 5.10 Å². The summed E-state index contributed by atoms with van der Waals surface area (Å²) in [5.74, 6) is 0.889. The van der Waals surface area contributed by atoms with Crippen LogP contribution in [0.15, 0.2) is 55.0 Å². The fourth-order valence-corrected chi connectivity index (χ4v) is 5.27. The van der Waals surface area contributed by atoms with Crippen LogP contribution in [0.4, 0.5) is 11.4 Å². The van der Waals surface area contributed by atoms with Gasteiger partial charge in [-0.3, -0.25) is 10.1 Å². The Morgan fingerprint density at radius 1 is 1.06 bits per heavy atom. The number of H-pyrrole nitrogens is 1. The minimum absolute atomic E-state index is 0.378. The van der Waals surface area contributed by atoms with E-state index < -0.39 is 0 Å². The Morgan fingerprint density at radius 2 is 1.97 bits per heavy atom. The summed E-state index contributed by atoms with van der Waals surface area (Å²) < 4.78 is 6.20. The van der Waals surface area contributed by atoms with Gasteiger partial charge in [0.15, 0.2) is 11.3 Å². The van der Waals surface area contributed by atoms with E-state index in [4.69, 9.17) is 11.3 Å². The van der Waals surface area contributed by atoms with Gasteiger partial charge in [-0.1, -0.05) is 12.1 Å². The van der Waals surface area contributed by atoms with Crippen molar-refractivity contribution in [2.75, 3.05) is 38.2 Å². The van der Waals surface area contributed by atoms with E-state index in [2.05, 4.69) is 65.0 Å². The zero-order valence-electron chi connectivity index (χ0n) is 19.6. The van der Waals surface area contributed by atoms with Crippen molar-refractivity contribution >= 4 is 33.4 Å². The fraction of sp³-hybridized carbons (Fsp3) is 0.222. The van der Waals surface area contributed by atoms with E-state index in [0.29, 0.717) is 29.5 Å². The van der Waals surface area contributed by atoms with E-state index in [-0.39, 0.29) is 0 Å². The number of piperazine rings is 1. The standard InChI is InChI=1S/C27H22N8O/c1-28-21-12-22-20(11-19(21)17-9-23-27(31-13-17)30-6-5-29-23)26(33-32-22)16-3-4-24-25(10-16)36-15-18-14-34(2)7-8-35(18)24/h3-6,9-13,18H,7-8,14-15H2,2H3,(H,32,33). The largest absolute Gasteiger partial charge is 0.489 e. The average Bonchev–Trinajstić information content (AvgIpc) is 3.34. The van der Waals surface area contributed by atoms with Crippen LogP contribution in [0.3, 0.4) is 0 Å². The highest BCUT2D eigenvalue weighted by atomic mass is 16.5. The summed E-state index contributed by atoms with van der Waals surface area (Å²) in [5, 5.41) is 8.67. The van der Waals surface area contributed by atoms with Crippen molar-refractivity contribution in [2.24, 2.45) is 0 Å². The summed E-state index contributed by atoms with van der Waals surface area (Å²) in [5.41, 5.74) is 7.14. The van der Waals surface area contributed by atoms with Gasteiger partial charge in [0.1, 0.15) is 17.9 Å². The lowest BCUT2D eigenvalue weighted by Gasteiger charge is -2.44. The van der Waals surface area contributed by atoms with Gasteiger partial charge in [0.25, 0.3) is 0 Å². The molecule has 3 aromatic heterocycles. The van der Waals surface area contributed by atoms with E-state index in [1.54, 1.807) is 18.6 Å². The molecule has 0 saturated carbocycles. The van der Waals surface area contributed by atoms with Gasteiger partial charge in [0.05, 0.1) is 29.5 Å². The summed E-state index contributed by atoms with van der Waals surface area (Å²) in [7, 11) is 2.16. The first kappa shape index (κ1) is 20.8. The number of anilines is 1. The fourth-order valence-electron chi connectivity index (χ4n) is 5.27. The lowest BCUT2D eigenvalue weighted by molar-refractivity contribution is 0.188. The van der Waals surface area contributed by atoms with E-state index in [9.17, 15) is 0 Å². The van der Waals surface area contributed by atoms with Crippen molar-refractivity contribution in [3.63, 3.8) is 0 Å². The highest BCUT2D eigenvalue weighted by molar-refractivity contribution is 6.00. The Labute approximate surface area is 207 Å². The Kier molecular flexibility index (Phi) is 4.62. The van der Waals surface area contributed by atoms with Gasteiger partial charge in [0, 0.05) is 49.2 Å². The number of fused-ring (bicyclic) bond motifs is 5. The Morgan fingerprint density at radius 3 is 2.89 bits per heavy atom. The Hall–Kier alpha value is -4.55. The molecule has 2 aliphatic heterocycles. The maximum absolute atomic E-state index is 7.75. The van der Waals surface area contributed by atoms with Crippen LogP contribution in [0, 0.1) is 6.57 Å². The molecule has 5 heterocycles. The summed E-state index contributed by atoms with van der Waals surface area (Å²) in [6, 6.07) is 12.5. The second kappa shape index (κ2) is 8.00. The van der Waals surface area contributed by atoms with Crippen molar-refractivity contribution in [1.29, 1.82) is 0 Å². The molecule has 9 nitrogen and oxygen atoms in total. The first-order valence-electron chi connectivity index (χ1n) is 11.9. The molecule has 1 N–H and O–H groups in total. The number of hydrogen-bond donors (Lipinski definition) is 1. The molecule has 0 bridgehead atoms. The molecule has 0 spiro atoms. The molecular formula is C27H22N8O. The van der Waals surface area contributed by atoms with Gasteiger partial charge < -0.3 is 14.5 Å². The van der Waals surface area contributed by atoms with Crippen LogP contribution in [0.5, 0.6) is 5.75 Å². The number of hydrogen-bond acceptors (Lipinski definition) is 7. The molecule has 0 radical (unpaired) electrons. The molecule has 176 valence electrons. The molecule has 1 atom stereocenters. The molecule has 7 rings (SSSR count). The first-order valence-corrected chi connectivity index (χ1v) is 11.9. The predicted octanol–water partition coefficient (Wildman–Crippen LogP) is 4.30. The number of benzene rings is 2. The van der Waals surface area contributed by atoms with Gasteiger partial charge in [0.2, 0.25) is 0 Å². The van der Waals surface area contributed by atoms with E-state index in [0.717, 1.165) is 64.4 Å². The van der Waals surface area contributed by atoms with Gasteiger partial charge >= 0.3 is 0 Å². The van der Waals surface area contributed by atoms with E-state index in [1.807, 2.05) is 18.2 Å². The van der Waals surface area contributed by atoms with Crippen molar-refractivity contribution in [1.82, 2.24) is 30.0 Å². The van der Waals surface area contributed by atoms with Crippen LogP contribution < -0.4 is 9.64 Å². The zero-order valence-corrected chi connectivity index (χ0v) is 19.6. The number of aromatic nitrogens is 5. The van der Waals surface area contributed by atoms with E-state index >= 15 is 0 Å².